The Bertz CT molecular complexity index is 1120. The van der Waals surface area contributed by atoms with Crippen molar-refractivity contribution < 1.29 is 9.53 Å². The van der Waals surface area contributed by atoms with Crippen molar-refractivity contribution >= 4 is 16.9 Å². The molecule has 2 aromatic carbocycles. The molecule has 0 aliphatic heterocycles. The number of carbonyl (C=O) groups excluding carboxylic acids is 1. The maximum atomic E-state index is 12.5. The van der Waals surface area contributed by atoms with Gasteiger partial charge < -0.3 is 14.6 Å². The average Bonchev–Trinajstić information content (AvgIpc) is 3.36. The Morgan fingerprint density at radius 2 is 1.37 bits per heavy atom. The van der Waals surface area contributed by atoms with Gasteiger partial charge in [0.25, 0.3) is 5.91 Å². The lowest BCUT2D eigenvalue weighted by Gasteiger charge is -2.10. The van der Waals surface area contributed by atoms with Gasteiger partial charge in [-0.15, -0.1) is 0 Å². The predicted molar refractivity (Wildman–Crippen MR) is 173 cm³/mol. The van der Waals surface area contributed by atoms with Crippen LogP contribution in [0.2, 0.25) is 0 Å². The SMILES string of the molecule is CCCCCCCCCCCCCCCCCCn1c(CCCNC(=O)c2cccc(OC)c2)nc2ccccc21. The monoisotopic (exact) mass is 561 g/mol. The first-order valence-corrected chi connectivity index (χ1v) is 16.6. The highest BCUT2D eigenvalue weighted by Crippen LogP contribution is 2.19. The van der Waals surface area contributed by atoms with Crippen molar-refractivity contribution in [3.8, 4) is 5.75 Å². The average molecular weight is 562 g/mol. The first-order valence-electron chi connectivity index (χ1n) is 16.6. The largest absolute Gasteiger partial charge is 0.497 e. The lowest BCUT2D eigenvalue weighted by molar-refractivity contribution is 0.0952. The number of nitrogens with one attached hydrogen (secondary N) is 1. The number of nitrogens with zero attached hydrogens (tertiary/aromatic N) is 2. The molecule has 0 spiro atoms. The first kappa shape index (κ1) is 32.7. The van der Waals surface area contributed by atoms with Crippen LogP contribution in [0, 0.1) is 0 Å². The van der Waals surface area contributed by atoms with Crippen molar-refractivity contribution in [2.45, 2.75) is 129 Å². The van der Waals surface area contributed by atoms with Crippen molar-refractivity contribution in [3.63, 3.8) is 0 Å². The van der Waals surface area contributed by atoms with Gasteiger partial charge in [0.05, 0.1) is 18.1 Å². The molecular formula is C36H55N3O2. The summed E-state index contributed by atoms with van der Waals surface area (Å²) in [4.78, 5) is 17.5. The smallest absolute Gasteiger partial charge is 0.251 e. The molecule has 0 atom stereocenters. The Kier molecular flexibility index (Phi) is 16.0. The van der Waals surface area contributed by atoms with E-state index in [4.69, 9.17) is 9.72 Å². The van der Waals surface area contributed by atoms with Crippen molar-refractivity contribution in [1.29, 1.82) is 0 Å². The van der Waals surface area contributed by atoms with Crippen LogP contribution in [-0.4, -0.2) is 29.1 Å². The number of methoxy groups -OCH3 is 1. The molecule has 0 bridgehead atoms. The van der Waals surface area contributed by atoms with Crippen LogP contribution < -0.4 is 10.1 Å². The minimum absolute atomic E-state index is 0.0643. The topological polar surface area (TPSA) is 56.2 Å². The second-order valence-electron chi connectivity index (χ2n) is 11.6. The number of fused-ring (bicyclic) bond motifs is 1. The zero-order valence-corrected chi connectivity index (χ0v) is 26.0. The van der Waals surface area contributed by atoms with Gasteiger partial charge in [0.1, 0.15) is 11.6 Å². The molecule has 41 heavy (non-hydrogen) atoms. The number of rotatable bonds is 23. The summed E-state index contributed by atoms with van der Waals surface area (Å²) in [5, 5.41) is 3.04. The molecule has 3 rings (SSSR count). The second kappa shape index (κ2) is 20.1. The van der Waals surface area contributed by atoms with Crippen LogP contribution in [0.15, 0.2) is 48.5 Å². The van der Waals surface area contributed by atoms with Crippen LogP contribution in [0.4, 0.5) is 0 Å². The third-order valence-corrected chi connectivity index (χ3v) is 8.16. The number of unbranched alkanes of at least 4 members (excludes halogenated alkanes) is 15. The molecule has 0 saturated heterocycles. The third kappa shape index (κ3) is 12.3. The van der Waals surface area contributed by atoms with Gasteiger partial charge in [-0.1, -0.05) is 121 Å². The number of carbonyl (C=O) groups is 1. The van der Waals surface area contributed by atoms with Gasteiger partial charge >= 0.3 is 0 Å². The normalized spacial score (nSPS) is 11.3. The van der Waals surface area contributed by atoms with Gasteiger partial charge in [-0.25, -0.2) is 4.98 Å². The third-order valence-electron chi connectivity index (χ3n) is 8.16. The van der Waals surface area contributed by atoms with E-state index in [2.05, 4.69) is 41.1 Å². The van der Waals surface area contributed by atoms with E-state index in [1.165, 1.54) is 108 Å². The molecule has 1 heterocycles. The highest BCUT2D eigenvalue weighted by molar-refractivity contribution is 5.94. The van der Waals surface area contributed by atoms with E-state index in [9.17, 15) is 4.79 Å². The predicted octanol–water partition coefficient (Wildman–Crippen LogP) is 9.67. The minimum atomic E-state index is -0.0643. The Labute approximate surface area is 249 Å². The van der Waals surface area contributed by atoms with E-state index in [0.717, 1.165) is 30.7 Å². The highest BCUT2D eigenvalue weighted by atomic mass is 16.5. The van der Waals surface area contributed by atoms with E-state index in [0.29, 0.717) is 17.9 Å². The van der Waals surface area contributed by atoms with Crippen LogP contribution in [-0.2, 0) is 13.0 Å². The van der Waals surface area contributed by atoms with Gasteiger partial charge in [0, 0.05) is 25.1 Å². The van der Waals surface area contributed by atoms with Crippen LogP contribution in [0.1, 0.15) is 132 Å². The molecule has 0 aliphatic carbocycles. The summed E-state index contributed by atoms with van der Waals surface area (Å²) in [5.41, 5.74) is 2.92. The summed E-state index contributed by atoms with van der Waals surface area (Å²) in [6.07, 6.45) is 23.9. The standard InChI is InChI=1S/C36H55N3O2/c1-3-4-5-6-7-8-9-10-11-12-13-14-15-16-17-20-29-39-34-26-19-18-25-33(34)38-35(39)27-22-28-37-36(40)31-23-21-24-32(30-31)41-2/h18-19,21,23-26,30H,3-17,20,22,27-29H2,1-2H3,(H,37,40). The van der Waals surface area contributed by atoms with Crippen molar-refractivity contribution in [2.75, 3.05) is 13.7 Å². The molecule has 0 unspecified atom stereocenters. The number of hydrogen-bond acceptors (Lipinski definition) is 3. The van der Waals surface area contributed by atoms with Crippen molar-refractivity contribution in [2.24, 2.45) is 0 Å². The molecule has 5 heteroatoms. The van der Waals surface area contributed by atoms with E-state index < -0.39 is 0 Å². The molecule has 226 valence electrons. The van der Waals surface area contributed by atoms with Gasteiger partial charge in [0.15, 0.2) is 0 Å². The van der Waals surface area contributed by atoms with Crippen LogP contribution in [0.3, 0.4) is 0 Å². The maximum absolute atomic E-state index is 12.5. The molecule has 0 radical (unpaired) electrons. The fourth-order valence-corrected chi connectivity index (χ4v) is 5.70. The van der Waals surface area contributed by atoms with Gasteiger partial charge in [0.2, 0.25) is 0 Å². The van der Waals surface area contributed by atoms with Crippen LogP contribution in [0.5, 0.6) is 5.75 Å². The minimum Gasteiger partial charge on any atom is -0.497 e. The van der Waals surface area contributed by atoms with E-state index in [1.54, 1.807) is 13.2 Å². The molecule has 1 amide bonds. The molecule has 0 fully saturated rings. The number of para-hydroxylation sites is 2. The lowest BCUT2D eigenvalue weighted by Crippen LogP contribution is -2.25. The number of hydrogen-bond donors (Lipinski definition) is 1. The number of amides is 1. The molecule has 0 saturated carbocycles. The zero-order chi connectivity index (χ0) is 29.0. The van der Waals surface area contributed by atoms with E-state index in [-0.39, 0.29) is 5.91 Å². The van der Waals surface area contributed by atoms with Gasteiger partial charge in [-0.2, -0.15) is 0 Å². The number of benzene rings is 2. The fourth-order valence-electron chi connectivity index (χ4n) is 5.70. The fraction of sp³-hybridized carbons (Fsp3) is 0.611. The summed E-state index contributed by atoms with van der Waals surface area (Å²) in [5.74, 6) is 1.76. The van der Waals surface area contributed by atoms with Crippen LogP contribution >= 0.6 is 0 Å². The second-order valence-corrected chi connectivity index (χ2v) is 11.6. The molecule has 0 aliphatic rings. The van der Waals surface area contributed by atoms with Crippen LogP contribution in [0.25, 0.3) is 11.0 Å². The number of aryl methyl sites for hydroxylation is 2. The number of imidazole rings is 1. The summed E-state index contributed by atoms with van der Waals surface area (Å²) in [6.45, 7) is 3.93. The van der Waals surface area contributed by atoms with Crippen molar-refractivity contribution in [1.82, 2.24) is 14.9 Å². The van der Waals surface area contributed by atoms with Crippen molar-refractivity contribution in [3.05, 3.63) is 59.9 Å². The molecule has 1 aromatic heterocycles. The summed E-state index contributed by atoms with van der Waals surface area (Å²) in [7, 11) is 1.61. The molecule has 5 nitrogen and oxygen atoms in total. The molecular weight excluding hydrogens is 506 g/mol. The summed E-state index contributed by atoms with van der Waals surface area (Å²) >= 11 is 0. The Balaban J connectivity index is 1.28. The highest BCUT2D eigenvalue weighted by Gasteiger charge is 2.11. The summed E-state index contributed by atoms with van der Waals surface area (Å²) < 4.78 is 7.64. The quantitative estimate of drug-likeness (QED) is 0.117. The first-order chi connectivity index (χ1) is 20.2. The molecule has 1 N–H and O–H groups in total. The van der Waals surface area contributed by atoms with E-state index >= 15 is 0 Å². The number of ether oxygens (including phenoxy) is 1. The maximum Gasteiger partial charge on any atom is 0.251 e. The summed E-state index contributed by atoms with van der Waals surface area (Å²) in [6, 6.07) is 15.7. The Morgan fingerprint density at radius 3 is 2.00 bits per heavy atom. The Hall–Kier alpha value is -2.82. The number of aromatic nitrogens is 2. The van der Waals surface area contributed by atoms with Gasteiger partial charge in [-0.05, 0) is 43.2 Å². The Morgan fingerprint density at radius 1 is 0.756 bits per heavy atom. The molecule has 3 aromatic rings. The lowest BCUT2D eigenvalue weighted by atomic mass is 10.0. The van der Waals surface area contributed by atoms with Gasteiger partial charge in [-0.3, -0.25) is 4.79 Å². The van der Waals surface area contributed by atoms with E-state index in [1.807, 2.05) is 18.2 Å². The zero-order valence-electron chi connectivity index (χ0n) is 26.0.